The zero-order valence-electron chi connectivity index (χ0n) is 5.16. The molecule has 0 atom stereocenters. The maximum absolute atomic E-state index is 5.06. The summed E-state index contributed by atoms with van der Waals surface area (Å²) < 4.78 is 5.06. The first-order chi connectivity index (χ1) is 4.43. The molecule has 9 heavy (non-hydrogen) atoms. The minimum Gasteiger partial charge on any atom is -0.378 e. The normalized spacial score (nSPS) is 21.1. The quantitative estimate of drug-likeness (QED) is 0.297. The van der Waals surface area contributed by atoms with Crippen molar-refractivity contribution in [2.75, 3.05) is 26.3 Å². The Morgan fingerprint density at radius 1 is 1.33 bits per heavy atom. The molecule has 0 amide bonds. The number of nitrogens with zero attached hydrogens (tertiary/aromatic N) is 3. The van der Waals surface area contributed by atoms with E-state index in [1.54, 1.807) is 5.01 Å². The topological polar surface area (TPSA) is 63.2 Å². The van der Waals surface area contributed by atoms with E-state index in [9.17, 15) is 0 Å². The molecule has 0 aromatic carbocycles. The van der Waals surface area contributed by atoms with Crippen LogP contribution in [0.4, 0.5) is 0 Å². The molecule has 0 bridgehead atoms. The highest BCUT2D eigenvalue weighted by Crippen LogP contribution is 1.95. The average Bonchev–Trinajstić information content (AvgIpc) is 1.91. The Hall–Kier alpha value is -0.840. The summed E-state index contributed by atoms with van der Waals surface area (Å²) in [5.41, 5.74) is 0. The van der Waals surface area contributed by atoms with Crippen LogP contribution in [-0.2, 0) is 4.74 Å². The Morgan fingerprint density at radius 3 is 2.56 bits per heavy atom. The van der Waals surface area contributed by atoms with Gasteiger partial charge in [-0.2, -0.15) is 0 Å². The predicted octanol–water partition coefficient (Wildman–Crippen LogP) is -0.441. The van der Waals surface area contributed by atoms with E-state index in [1.807, 2.05) is 0 Å². The largest absolute Gasteiger partial charge is 0.378 e. The van der Waals surface area contributed by atoms with Crippen molar-refractivity contribution in [1.29, 1.82) is 0 Å². The number of hydrogen-bond donors (Lipinski definition) is 1. The van der Waals surface area contributed by atoms with Crippen LogP contribution in [0.1, 0.15) is 0 Å². The van der Waals surface area contributed by atoms with Gasteiger partial charge in [0.2, 0.25) is 0 Å². The van der Waals surface area contributed by atoms with Crippen LogP contribution in [-0.4, -0.2) is 31.3 Å². The molecule has 0 radical (unpaired) electrons. The molecule has 0 saturated carbocycles. The lowest BCUT2D eigenvalue weighted by Gasteiger charge is -2.21. The molecule has 1 aliphatic rings. The van der Waals surface area contributed by atoms with Crippen LogP contribution in [0.2, 0.25) is 0 Å². The summed E-state index contributed by atoms with van der Waals surface area (Å²) in [5, 5.41) is 8.58. The molecule has 1 aliphatic heterocycles. The van der Waals surface area contributed by atoms with Gasteiger partial charge in [-0.1, -0.05) is 10.4 Å². The Kier molecular flexibility index (Phi) is 2.26. The molecule has 0 aliphatic carbocycles. The predicted molar refractivity (Wildman–Crippen MR) is 31.4 cm³/mol. The highest BCUT2D eigenvalue weighted by molar-refractivity contribution is 4.53. The molecule has 5 nitrogen and oxygen atoms in total. The fourth-order valence-corrected chi connectivity index (χ4v) is 0.716. The van der Waals surface area contributed by atoms with Gasteiger partial charge in [0.05, 0.1) is 26.3 Å². The minimum atomic E-state index is 0.721. The van der Waals surface area contributed by atoms with Gasteiger partial charge >= 0.3 is 0 Å². The Bertz CT molecular complexity index is 98.7. The summed E-state index contributed by atoms with van der Waals surface area (Å²) >= 11 is 0. The molecule has 5 heteroatoms. The van der Waals surface area contributed by atoms with Crippen LogP contribution in [0.5, 0.6) is 0 Å². The smallest absolute Gasteiger partial charge is 0.0660 e. The van der Waals surface area contributed by atoms with Gasteiger partial charge in [-0.3, -0.25) is 5.01 Å². The number of morpholine rings is 1. The van der Waals surface area contributed by atoms with E-state index in [2.05, 4.69) is 10.4 Å². The third kappa shape index (κ3) is 1.85. The van der Waals surface area contributed by atoms with Crippen molar-refractivity contribution in [2.45, 2.75) is 0 Å². The molecule has 1 saturated heterocycles. The molecule has 0 spiro atoms. The second-order valence-electron chi connectivity index (χ2n) is 1.77. The summed E-state index contributed by atoms with van der Waals surface area (Å²) in [6, 6.07) is 0. The Balaban J connectivity index is 2.23. The highest BCUT2D eigenvalue weighted by atomic mass is 16.5. The minimum absolute atomic E-state index is 0.721. The van der Waals surface area contributed by atoms with Crippen LogP contribution in [0.15, 0.2) is 10.4 Å². The number of ether oxygens (including phenoxy) is 1. The Labute approximate surface area is 53.4 Å². The van der Waals surface area contributed by atoms with Crippen molar-refractivity contribution in [3.63, 3.8) is 0 Å². The average molecular weight is 130 g/mol. The van der Waals surface area contributed by atoms with Gasteiger partial charge in [-0.05, 0) is 0 Å². The van der Waals surface area contributed by atoms with Crippen LogP contribution in [0.25, 0.3) is 0 Å². The van der Waals surface area contributed by atoms with Gasteiger partial charge in [0, 0.05) is 0 Å². The van der Waals surface area contributed by atoms with Gasteiger partial charge in [0.15, 0.2) is 0 Å². The lowest BCUT2D eigenvalue weighted by molar-refractivity contribution is 0.0346. The van der Waals surface area contributed by atoms with Crippen molar-refractivity contribution in [1.82, 2.24) is 5.01 Å². The molecule has 1 rings (SSSR count). The molecule has 2 N–H and O–H groups in total. The van der Waals surface area contributed by atoms with E-state index in [0.717, 1.165) is 26.3 Å². The zero-order valence-corrected chi connectivity index (χ0v) is 5.16. The Morgan fingerprint density at radius 2 is 2.00 bits per heavy atom. The maximum Gasteiger partial charge on any atom is 0.0660 e. The first-order valence-corrected chi connectivity index (χ1v) is 2.87. The third-order valence-electron chi connectivity index (χ3n) is 1.17. The molecule has 52 valence electrons. The molecule has 1 fully saturated rings. The molecule has 0 aromatic rings. The zero-order chi connectivity index (χ0) is 6.53. The number of rotatable bonds is 1. The van der Waals surface area contributed by atoms with Crippen LogP contribution in [0.3, 0.4) is 0 Å². The van der Waals surface area contributed by atoms with E-state index in [0.29, 0.717) is 0 Å². The lowest BCUT2D eigenvalue weighted by Crippen LogP contribution is -2.31. The second-order valence-corrected chi connectivity index (χ2v) is 1.77. The van der Waals surface area contributed by atoms with Gasteiger partial charge in [-0.25, -0.2) is 0 Å². The monoisotopic (exact) mass is 130 g/mol. The van der Waals surface area contributed by atoms with E-state index in [4.69, 9.17) is 10.6 Å². The van der Waals surface area contributed by atoms with Gasteiger partial charge in [0.25, 0.3) is 0 Å². The standard InChI is InChI=1S/C4H10N4O/c5-6-7-8-1-3-9-4-2-8/h1-4H2,(H2,5,7). The van der Waals surface area contributed by atoms with Crippen LogP contribution >= 0.6 is 0 Å². The molecular weight excluding hydrogens is 120 g/mol. The van der Waals surface area contributed by atoms with E-state index in [-0.39, 0.29) is 0 Å². The third-order valence-corrected chi connectivity index (χ3v) is 1.17. The van der Waals surface area contributed by atoms with Gasteiger partial charge < -0.3 is 10.6 Å². The van der Waals surface area contributed by atoms with E-state index < -0.39 is 0 Å². The molecule has 0 unspecified atom stereocenters. The van der Waals surface area contributed by atoms with Crippen LogP contribution in [0, 0.1) is 0 Å². The summed E-state index contributed by atoms with van der Waals surface area (Å²) in [6.45, 7) is 3.03. The van der Waals surface area contributed by atoms with Crippen molar-refractivity contribution in [2.24, 2.45) is 16.3 Å². The molecular formula is C4H10N4O. The number of hydrogen-bond acceptors (Lipinski definition) is 3. The maximum atomic E-state index is 5.06. The fraction of sp³-hybridized carbons (Fsp3) is 1.00. The first-order valence-electron chi connectivity index (χ1n) is 2.87. The fourth-order valence-electron chi connectivity index (χ4n) is 0.716. The second kappa shape index (κ2) is 3.24. The summed E-state index contributed by atoms with van der Waals surface area (Å²) in [7, 11) is 0. The summed E-state index contributed by atoms with van der Waals surface area (Å²) in [5.74, 6) is 4.84. The first kappa shape index (κ1) is 6.28. The SMILES string of the molecule is NN=NN1CCOCC1. The number of nitrogens with two attached hydrogens (primary N) is 1. The van der Waals surface area contributed by atoms with Crippen molar-refractivity contribution in [3.8, 4) is 0 Å². The summed E-state index contributed by atoms with van der Waals surface area (Å²) in [6.07, 6.45) is 0. The van der Waals surface area contributed by atoms with Crippen molar-refractivity contribution < 1.29 is 4.74 Å². The van der Waals surface area contributed by atoms with E-state index in [1.165, 1.54) is 0 Å². The summed E-state index contributed by atoms with van der Waals surface area (Å²) in [4.78, 5) is 0. The van der Waals surface area contributed by atoms with Crippen molar-refractivity contribution in [3.05, 3.63) is 0 Å². The molecule has 0 aromatic heterocycles. The van der Waals surface area contributed by atoms with Crippen molar-refractivity contribution >= 4 is 0 Å². The van der Waals surface area contributed by atoms with E-state index >= 15 is 0 Å². The molecule has 1 heterocycles. The van der Waals surface area contributed by atoms with Gasteiger partial charge in [-0.15, -0.1) is 0 Å². The van der Waals surface area contributed by atoms with Crippen LogP contribution < -0.4 is 5.84 Å². The highest BCUT2D eigenvalue weighted by Gasteiger charge is 2.06. The van der Waals surface area contributed by atoms with Gasteiger partial charge in [0.1, 0.15) is 0 Å². The lowest BCUT2D eigenvalue weighted by atomic mass is 10.5.